The van der Waals surface area contributed by atoms with E-state index in [4.69, 9.17) is 5.84 Å². The largest absolute Gasteiger partial charge is 0.480 e. The van der Waals surface area contributed by atoms with Gasteiger partial charge in [-0.25, -0.2) is 4.79 Å². The fourth-order valence-electron chi connectivity index (χ4n) is 2.42. The maximum atomic E-state index is 12.2. The number of rotatable bonds is 9. The molecule has 0 saturated heterocycles. The van der Waals surface area contributed by atoms with Crippen molar-refractivity contribution in [2.75, 3.05) is 11.9 Å². The average Bonchev–Trinajstić information content (AvgIpc) is 2.71. The number of carbonyl (C=O) groups is 3. The van der Waals surface area contributed by atoms with Crippen LogP contribution in [0.4, 0.5) is 5.69 Å². The van der Waals surface area contributed by atoms with Gasteiger partial charge in [0, 0.05) is 17.7 Å². The molecular weight excluding hydrogens is 362 g/mol. The number of hydrogen-bond acceptors (Lipinski definition) is 5. The van der Waals surface area contributed by atoms with Crippen molar-refractivity contribution in [2.24, 2.45) is 10.9 Å². The first-order valence-electron chi connectivity index (χ1n) is 8.42. The Hall–Kier alpha value is -3.88. The van der Waals surface area contributed by atoms with E-state index in [1.54, 1.807) is 48.5 Å². The molecule has 0 spiro atoms. The van der Waals surface area contributed by atoms with Crippen molar-refractivity contribution >= 4 is 29.8 Å². The van der Waals surface area contributed by atoms with Crippen LogP contribution < -0.4 is 21.8 Å². The number of carboxylic acids is 1. The normalized spacial score (nSPS) is 11.6. The molecular formula is C19H21N5O4. The van der Waals surface area contributed by atoms with E-state index in [1.165, 1.54) is 6.34 Å². The predicted octanol–water partition coefficient (Wildman–Crippen LogP) is 0.542. The summed E-state index contributed by atoms with van der Waals surface area (Å²) in [6, 6.07) is 14.4. The number of amides is 2. The monoisotopic (exact) mass is 383 g/mol. The van der Waals surface area contributed by atoms with Gasteiger partial charge in [0.05, 0.1) is 6.54 Å². The van der Waals surface area contributed by atoms with Gasteiger partial charge < -0.3 is 26.9 Å². The van der Waals surface area contributed by atoms with Crippen LogP contribution in [0.3, 0.4) is 0 Å². The number of nitrogens with zero attached hydrogens (tertiary/aromatic N) is 1. The van der Waals surface area contributed by atoms with Crippen LogP contribution in [0.1, 0.15) is 15.9 Å². The molecule has 146 valence electrons. The second-order valence-corrected chi connectivity index (χ2v) is 5.83. The van der Waals surface area contributed by atoms with Crippen molar-refractivity contribution in [1.29, 1.82) is 0 Å². The van der Waals surface area contributed by atoms with Crippen LogP contribution in [-0.4, -0.2) is 41.8 Å². The van der Waals surface area contributed by atoms with E-state index in [1.807, 2.05) is 6.07 Å². The summed E-state index contributed by atoms with van der Waals surface area (Å²) in [4.78, 5) is 35.6. The number of hydrogen-bond donors (Lipinski definition) is 5. The standard InChI is InChI=1S/C19H21N5O4/c20-23-12-22-15-8-4-7-14(10-15)18(26)21-11-17(25)24-16(19(27)28)9-13-5-2-1-3-6-13/h1-8,10,12,16H,9,11,20H2,(H,21,26)(H,22,23)(H,24,25)(H,27,28). The Kier molecular flexibility index (Phi) is 7.53. The SMILES string of the molecule is NN=CNc1cccc(C(=O)NCC(=O)NC(Cc2ccccc2)C(=O)O)c1. The summed E-state index contributed by atoms with van der Waals surface area (Å²) >= 11 is 0. The van der Waals surface area contributed by atoms with E-state index in [0.717, 1.165) is 5.56 Å². The van der Waals surface area contributed by atoms with E-state index >= 15 is 0 Å². The molecule has 0 heterocycles. The summed E-state index contributed by atoms with van der Waals surface area (Å²) in [5.41, 5.74) is 1.70. The molecule has 0 fully saturated rings. The molecule has 2 amide bonds. The van der Waals surface area contributed by atoms with E-state index in [-0.39, 0.29) is 13.0 Å². The predicted molar refractivity (Wildman–Crippen MR) is 105 cm³/mol. The van der Waals surface area contributed by atoms with Crippen molar-refractivity contribution < 1.29 is 19.5 Å². The lowest BCUT2D eigenvalue weighted by molar-refractivity contribution is -0.141. The van der Waals surface area contributed by atoms with Gasteiger partial charge in [-0.3, -0.25) is 9.59 Å². The van der Waals surface area contributed by atoms with Gasteiger partial charge in [0.15, 0.2) is 0 Å². The number of carbonyl (C=O) groups excluding carboxylic acids is 2. The summed E-state index contributed by atoms with van der Waals surface area (Å²) in [5.74, 6) is 2.79. The van der Waals surface area contributed by atoms with Crippen LogP contribution >= 0.6 is 0 Å². The highest BCUT2D eigenvalue weighted by Gasteiger charge is 2.20. The molecule has 1 atom stereocenters. The number of carboxylic acid groups (broad SMARTS) is 1. The molecule has 9 nitrogen and oxygen atoms in total. The Morgan fingerprint density at radius 3 is 2.54 bits per heavy atom. The third kappa shape index (κ3) is 6.45. The summed E-state index contributed by atoms with van der Waals surface area (Å²) in [6.07, 6.45) is 1.41. The van der Waals surface area contributed by atoms with E-state index < -0.39 is 23.8 Å². The highest BCUT2D eigenvalue weighted by molar-refractivity contribution is 5.98. The van der Waals surface area contributed by atoms with Crippen LogP contribution in [0.5, 0.6) is 0 Å². The van der Waals surface area contributed by atoms with Gasteiger partial charge in [-0.1, -0.05) is 36.4 Å². The third-order valence-corrected chi connectivity index (χ3v) is 3.76. The zero-order chi connectivity index (χ0) is 20.4. The maximum Gasteiger partial charge on any atom is 0.326 e. The summed E-state index contributed by atoms with van der Waals surface area (Å²) in [6.45, 7) is -0.348. The topological polar surface area (TPSA) is 146 Å². The van der Waals surface area contributed by atoms with Gasteiger partial charge in [0.2, 0.25) is 5.91 Å². The lowest BCUT2D eigenvalue weighted by Gasteiger charge is -2.15. The average molecular weight is 383 g/mol. The van der Waals surface area contributed by atoms with Gasteiger partial charge in [0.25, 0.3) is 5.91 Å². The first-order chi connectivity index (χ1) is 13.5. The lowest BCUT2D eigenvalue weighted by Crippen LogP contribution is -2.46. The summed E-state index contributed by atoms with van der Waals surface area (Å²) < 4.78 is 0. The number of anilines is 1. The van der Waals surface area contributed by atoms with Gasteiger partial charge in [-0.05, 0) is 23.8 Å². The molecule has 9 heteroatoms. The molecule has 1 unspecified atom stereocenters. The minimum Gasteiger partial charge on any atom is -0.480 e. The maximum absolute atomic E-state index is 12.2. The van der Waals surface area contributed by atoms with E-state index in [9.17, 15) is 19.5 Å². The molecule has 0 aliphatic rings. The van der Waals surface area contributed by atoms with Crippen molar-refractivity contribution in [3.8, 4) is 0 Å². The number of nitrogens with two attached hydrogens (primary N) is 1. The third-order valence-electron chi connectivity index (χ3n) is 3.76. The van der Waals surface area contributed by atoms with Crippen LogP contribution in [0, 0.1) is 0 Å². The van der Waals surface area contributed by atoms with Crippen molar-refractivity contribution in [3.05, 3.63) is 65.7 Å². The fraction of sp³-hybridized carbons (Fsp3) is 0.158. The molecule has 6 N–H and O–H groups in total. The Morgan fingerprint density at radius 2 is 1.86 bits per heavy atom. The summed E-state index contributed by atoms with van der Waals surface area (Å²) in [7, 11) is 0. The highest BCUT2D eigenvalue weighted by atomic mass is 16.4. The Balaban J connectivity index is 1.89. The molecule has 28 heavy (non-hydrogen) atoms. The zero-order valence-corrected chi connectivity index (χ0v) is 15.0. The van der Waals surface area contributed by atoms with Crippen molar-refractivity contribution in [2.45, 2.75) is 12.5 Å². The van der Waals surface area contributed by atoms with E-state index in [0.29, 0.717) is 11.3 Å². The Labute approximate surface area is 161 Å². The zero-order valence-electron chi connectivity index (χ0n) is 15.0. The molecule has 0 saturated carbocycles. The molecule has 2 rings (SSSR count). The van der Waals surface area contributed by atoms with Crippen molar-refractivity contribution in [3.63, 3.8) is 0 Å². The van der Waals surface area contributed by atoms with Crippen LogP contribution in [0.2, 0.25) is 0 Å². The molecule has 2 aromatic rings. The number of aliphatic carboxylic acids is 1. The molecule has 0 aliphatic carbocycles. The Morgan fingerprint density at radius 1 is 1.11 bits per heavy atom. The lowest BCUT2D eigenvalue weighted by atomic mass is 10.1. The minimum absolute atomic E-state index is 0.145. The van der Waals surface area contributed by atoms with Gasteiger partial charge in [-0.2, -0.15) is 5.10 Å². The first-order valence-corrected chi connectivity index (χ1v) is 8.42. The summed E-state index contributed by atoms with van der Waals surface area (Å²) in [5, 5.41) is 20.3. The fourth-order valence-corrected chi connectivity index (χ4v) is 2.42. The number of nitrogens with one attached hydrogen (secondary N) is 3. The van der Waals surface area contributed by atoms with Crippen LogP contribution in [-0.2, 0) is 16.0 Å². The van der Waals surface area contributed by atoms with Gasteiger partial charge >= 0.3 is 5.97 Å². The molecule has 0 radical (unpaired) electrons. The van der Waals surface area contributed by atoms with Crippen molar-refractivity contribution in [1.82, 2.24) is 10.6 Å². The molecule has 0 aliphatic heterocycles. The van der Waals surface area contributed by atoms with Crippen LogP contribution in [0.15, 0.2) is 59.7 Å². The molecule has 0 aromatic heterocycles. The smallest absolute Gasteiger partial charge is 0.326 e. The highest BCUT2D eigenvalue weighted by Crippen LogP contribution is 2.09. The van der Waals surface area contributed by atoms with E-state index in [2.05, 4.69) is 21.1 Å². The number of benzene rings is 2. The van der Waals surface area contributed by atoms with Gasteiger partial charge in [0.1, 0.15) is 12.4 Å². The molecule has 0 bridgehead atoms. The second kappa shape index (κ2) is 10.3. The molecule has 2 aromatic carbocycles. The second-order valence-electron chi connectivity index (χ2n) is 5.83. The minimum atomic E-state index is -1.15. The Bertz CT molecular complexity index is 854. The van der Waals surface area contributed by atoms with Crippen LogP contribution in [0.25, 0.3) is 0 Å². The van der Waals surface area contributed by atoms with Gasteiger partial charge in [-0.15, -0.1) is 0 Å². The number of hydrazone groups is 1. The quantitative estimate of drug-likeness (QED) is 0.185. The first kappa shape index (κ1) is 20.4.